The van der Waals surface area contributed by atoms with Crippen LogP contribution in [0.4, 0.5) is 0 Å². The van der Waals surface area contributed by atoms with Crippen molar-refractivity contribution in [3.05, 3.63) is 0 Å². The summed E-state index contributed by atoms with van der Waals surface area (Å²) in [4.78, 5) is 0. The van der Waals surface area contributed by atoms with Crippen molar-refractivity contribution >= 4 is 37.2 Å². The van der Waals surface area contributed by atoms with Crippen LogP contribution in [0.5, 0.6) is 0 Å². The molecule has 0 aromatic rings. The predicted octanol–water partition coefficient (Wildman–Crippen LogP) is 4.10. The van der Waals surface area contributed by atoms with Crippen LogP contribution in [-0.2, 0) is 4.31 Å². The Bertz CT molecular complexity index is 291. The first-order valence-corrected chi connectivity index (χ1v) is 12.4. The Morgan fingerprint density at radius 2 is 2.33 bits per heavy atom. The Kier molecular flexibility index (Phi) is 1.05. The van der Waals surface area contributed by atoms with E-state index in [1.165, 1.54) is 0 Å². The highest BCUT2D eigenvalue weighted by molar-refractivity contribution is 8.94. The Hall–Kier alpha value is 1.85. The Labute approximate surface area is 59.7 Å². The third-order valence-corrected chi connectivity index (χ3v) is 34.8. The number of rotatable bonds is 2. The third kappa shape index (κ3) is 0.562. The molecular weight excluding hydrogens is 207 g/mol. The van der Waals surface area contributed by atoms with E-state index in [9.17, 15) is 0 Å². The summed E-state index contributed by atoms with van der Waals surface area (Å²) in [7, 11) is 3.59. The molecule has 3 aliphatic heterocycles. The van der Waals surface area contributed by atoms with E-state index in [0.717, 1.165) is 4.38 Å². The van der Waals surface area contributed by atoms with Gasteiger partial charge in [0, 0.05) is 8.15 Å². The number of hydrogen-bond donors (Lipinski definition) is 0. The minimum atomic E-state index is -0.479. The second kappa shape index (κ2) is 1.48. The van der Waals surface area contributed by atoms with E-state index in [-0.39, 0.29) is 15.0 Å². The van der Waals surface area contributed by atoms with Crippen LogP contribution in [-0.4, -0.2) is 17.7 Å². The van der Waals surface area contributed by atoms with Crippen LogP contribution in [0.3, 0.4) is 0 Å². The zero-order valence-electron chi connectivity index (χ0n) is 5.20. The molecule has 9 heavy (non-hydrogen) atoms. The molecule has 3 rings (SSSR count). The number of hydrogen-bond acceptors (Lipinski definition) is 1. The molecule has 6 heteroatoms. The molecule has 1 nitrogen and oxygen atoms in total. The van der Waals surface area contributed by atoms with Crippen LogP contribution in [0.1, 0.15) is 0 Å². The molecule has 50 valence electrons. The molecule has 0 radical (unpaired) electrons. The van der Waals surface area contributed by atoms with E-state index >= 15 is 0 Å². The molecule has 0 amide bonds. The molecular formula is C3H7OP5. The Morgan fingerprint density at radius 3 is 2.44 bits per heavy atom. The van der Waals surface area contributed by atoms with Crippen molar-refractivity contribution in [2.24, 2.45) is 0 Å². The molecule has 3 atom stereocenters. The monoisotopic (exact) mass is 214 g/mol. The molecule has 3 heterocycles. The average molecular weight is 214 g/mol. The van der Waals surface area contributed by atoms with Crippen molar-refractivity contribution < 1.29 is 4.31 Å². The van der Waals surface area contributed by atoms with Gasteiger partial charge in [0.1, 0.15) is 4.38 Å². The second-order valence-corrected chi connectivity index (χ2v) is 21.9. The zero-order chi connectivity index (χ0) is 6.28. The summed E-state index contributed by atoms with van der Waals surface area (Å²) >= 11 is 0. The summed E-state index contributed by atoms with van der Waals surface area (Å²) in [5.74, 6) is 0. The summed E-state index contributed by atoms with van der Waals surface area (Å²) in [6.45, 7) is 4.24. The molecule has 0 aliphatic carbocycles. The first-order chi connectivity index (χ1) is 4.21. The molecule has 0 N–H and O–H groups in total. The maximum Gasteiger partial charge on any atom is 0.131 e. The average Bonchev–Trinajstić information content (AvgIpc) is 2.55. The van der Waals surface area contributed by atoms with Crippen molar-refractivity contribution in [1.82, 2.24) is 0 Å². The lowest BCUT2D eigenvalue weighted by Crippen LogP contribution is -1.64. The third-order valence-electron chi connectivity index (χ3n) is 1.69. The summed E-state index contributed by atoms with van der Waals surface area (Å²) in [6.07, 6.45) is 0. The minimum absolute atomic E-state index is 0.0223. The lowest BCUT2D eigenvalue weighted by Gasteiger charge is -2.05. The summed E-state index contributed by atoms with van der Waals surface area (Å²) < 4.78 is 6.94. The molecule has 0 bridgehead atoms. The van der Waals surface area contributed by atoms with Gasteiger partial charge >= 0.3 is 0 Å². The van der Waals surface area contributed by atoms with Crippen LogP contribution in [0, 0.1) is 0 Å². The quantitative estimate of drug-likeness (QED) is 0.628. The highest BCUT2D eigenvalue weighted by Gasteiger charge is 2.89. The smallest absolute Gasteiger partial charge is 0.131 e. The fourth-order valence-electron chi connectivity index (χ4n) is 1.10. The van der Waals surface area contributed by atoms with E-state index in [1.807, 2.05) is 7.87 Å². The van der Waals surface area contributed by atoms with E-state index < -0.39 is 6.46 Å². The van der Waals surface area contributed by atoms with Gasteiger partial charge in [0.25, 0.3) is 0 Å². The molecule has 1 fully saturated rings. The first kappa shape index (κ1) is 6.38. The van der Waals surface area contributed by atoms with Crippen molar-refractivity contribution in [3.8, 4) is 0 Å². The maximum absolute atomic E-state index is 5.98. The van der Waals surface area contributed by atoms with Gasteiger partial charge in [0.05, 0.1) is 6.46 Å². The van der Waals surface area contributed by atoms with Gasteiger partial charge in [-0.05, 0) is 28.1 Å². The van der Waals surface area contributed by atoms with Crippen molar-refractivity contribution in [3.63, 3.8) is 0 Å². The summed E-state index contributed by atoms with van der Waals surface area (Å²) in [5.41, 5.74) is 0. The molecule has 0 aromatic carbocycles. The predicted molar refractivity (Wildman–Crippen MR) is 51.7 cm³/mol. The molecule has 1 spiro atoms. The van der Waals surface area contributed by atoms with Gasteiger partial charge in [-0.2, -0.15) is 0 Å². The SMILES string of the molecule is CP(C)OP12=PC13P=[PH]32. The maximum atomic E-state index is 5.98. The van der Waals surface area contributed by atoms with E-state index in [4.69, 9.17) is 4.31 Å². The Balaban J connectivity index is 1.84. The molecule has 0 saturated carbocycles. The fraction of sp³-hybridized carbons (Fsp3) is 1.00. The normalized spacial score (nSPS) is 66.8. The Morgan fingerprint density at radius 1 is 1.67 bits per heavy atom. The molecule has 0 aromatic heterocycles. The topological polar surface area (TPSA) is 9.23 Å². The van der Waals surface area contributed by atoms with Crippen LogP contribution in [0.15, 0.2) is 0 Å². The van der Waals surface area contributed by atoms with Crippen molar-refractivity contribution in [1.29, 1.82) is 0 Å². The number of fused-ring (bicyclic) bond motifs is 1. The molecule has 1 saturated heterocycles. The highest BCUT2D eigenvalue weighted by Crippen LogP contribution is 3.40. The van der Waals surface area contributed by atoms with E-state index in [1.54, 1.807) is 7.87 Å². The van der Waals surface area contributed by atoms with Gasteiger partial charge < -0.3 is 4.31 Å². The standard InChI is InChI=1S/C3H7OP5/c1-7(2)4-9-3(6-9)5-8(3)9/h8H,1-2H3. The molecule has 3 unspecified atom stereocenters. The summed E-state index contributed by atoms with van der Waals surface area (Å²) in [6, 6.07) is 0. The first-order valence-electron chi connectivity index (χ1n) is 2.83. The van der Waals surface area contributed by atoms with Crippen LogP contribution in [0.25, 0.3) is 0 Å². The van der Waals surface area contributed by atoms with Crippen LogP contribution >= 0.6 is 37.2 Å². The van der Waals surface area contributed by atoms with Gasteiger partial charge in [-0.25, -0.2) is 0 Å². The van der Waals surface area contributed by atoms with Gasteiger partial charge in [0.15, 0.2) is 0 Å². The van der Waals surface area contributed by atoms with Crippen LogP contribution < -0.4 is 0 Å². The largest absolute Gasteiger partial charge is 0.330 e. The van der Waals surface area contributed by atoms with Crippen molar-refractivity contribution in [2.75, 3.05) is 13.3 Å². The van der Waals surface area contributed by atoms with Gasteiger partial charge in [-0.15, -0.1) is 0 Å². The van der Waals surface area contributed by atoms with E-state index in [0.29, 0.717) is 0 Å². The van der Waals surface area contributed by atoms with Crippen LogP contribution in [0.2, 0.25) is 0 Å². The lowest BCUT2D eigenvalue weighted by molar-refractivity contribution is 0.716. The lowest BCUT2D eigenvalue weighted by atomic mass is 11.8. The van der Waals surface area contributed by atoms with Gasteiger partial charge in [-0.3, -0.25) is 0 Å². The highest BCUT2D eigenvalue weighted by atomic mass is 32.5. The minimum Gasteiger partial charge on any atom is -0.330 e. The fourth-order valence-corrected chi connectivity index (χ4v) is 46.3. The molecule has 3 aliphatic rings. The van der Waals surface area contributed by atoms with Gasteiger partial charge in [-0.1, -0.05) is 7.87 Å². The van der Waals surface area contributed by atoms with Crippen molar-refractivity contribution in [2.45, 2.75) is 4.38 Å². The van der Waals surface area contributed by atoms with E-state index in [2.05, 4.69) is 13.3 Å². The van der Waals surface area contributed by atoms with Gasteiger partial charge in [0.2, 0.25) is 0 Å². The zero-order valence-corrected chi connectivity index (χ0v) is 9.77. The second-order valence-electron chi connectivity index (χ2n) is 2.64. The summed E-state index contributed by atoms with van der Waals surface area (Å²) in [5, 5.41) is 0.